The molecule has 0 saturated carbocycles. The van der Waals surface area contributed by atoms with E-state index in [1.165, 1.54) is 17.4 Å². The summed E-state index contributed by atoms with van der Waals surface area (Å²) in [5, 5.41) is 1.29. The first kappa shape index (κ1) is 9.97. The van der Waals surface area contributed by atoms with Gasteiger partial charge in [-0.05, 0) is 30.4 Å². The second-order valence-corrected chi connectivity index (χ2v) is 4.55. The minimum atomic E-state index is 0.677. The van der Waals surface area contributed by atoms with Crippen LogP contribution in [0.5, 0.6) is 0 Å². The summed E-state index contributed by atoms with van der Waals surface area (Å²) in [6.45, 7) is 1.82. The van der Waals surface area contributed by atoms with Crippen molar-refractivity contribution in [2.45, 2.75) is 12.8 Å². The van der Waals surface area contributed by atoms with Gasteiger partial charge in [-0.3, -0.25) is 0 Å². The van der Waals surface area contributed by atoms with Crippen molar-refractivity contribution in [3.8, 4) is 0 Å². The molecule has 1 aliphatic heterocycles. The Balaban J connectivity index is 1.91. The van der Waals surface area contributed by atoms with E-state index in [1.54, 1.807) is 0 Å². The van der Waals surface area contributed by atoms with E-state index in [-0.39, 0.29) is 0 Å². The third kappa shape index (κ3) is 1.76. The van der Waals surface area contributed by atoms with Crippen LogP contribution in [-0.2, 0) is 11.2 Å². The van der Waals surface area contributed by atoms with Gasteiger partial charge >= 0.3 is 0 Å². The molecule has 1 saturated heterocycles. The first-order valence-electron chi connectivity index (χ1n) is 5.76. The van der Waals surface area contributed by atoms with Crippen LogP contribution in [0.1, 0.15) is 12.0 Å². The number of hydrogen-bond acceptors (Lipinski definition) is 1. The molecule has 16 heavy (non-hydrogen) atoms. The van der Waals surface area contributed by atoms with Crippen LogP contribution in [0.15, 0.2) is 24.4 Å². The Bertz CT molecular complexity index is 500. The van der Waals surface area contributed by atoms with Gasteiger partial charge in [0.25, 0.3) is 0 Å². The van der Waals surface area contributed by atoms with Crippen LogP contribution in [0.4, 0.5) is 0 Å². The first-order valence-corrected chi connectivity index (χ1v) is 5.76. The van der Waals surface area contributed by atoms with Crippen LogP contribution in [0.25, 0.3) is 10.9 Å². The molecule has 1 atom stereocenters. The largest absolute Gasteiger partial charge is 0.381 e. The minimum absolute atomic E-state index is 0.677. The summed E-state index contributed by atoms with van der Waals surface area (Å²) < 4.78 is 5.41. The van der Waals surface area contributed by atoms with Crippen LogP contribution in [-0.4, -0.2) is 26.0 Å². The standard InChI is InChI=1S/C13H14BNO/c14-11-1-2-12-10(7-15-13(12)6-11)5-9-3-4-16-8-9/h1-2,6-7,9,15H,3-5,8H2. The van der Waals surface area contributed by atoms with Gasteiger partial charge in [-0.2, -0.15) is 0 Å². The highest BCUT2D eigenvalue weighted by Crippen LogP contribution is 2.23. The lowest BCUT2D eigenvalue weighted by molar-refractivity contribution is 0.186. The van der Waals surface area contributed by atoms with Crippen LogP contribution in [0, 0.1) is 5.92 Å². The van der Waals surface area contributed by atoms with Crippen molar-refractivity contribution in [1.82, 2.24) is 4.98 Å². The van der Waals surface area contributed by atoms with Crippen molar-refractivity contribution in [1.29, 1.82) is 0 Å². The molecule has 3 rings (SSSR count). The van der Waals surface area contributed by atoms with E-state index in [2.05, 4.69) is 17.2 Å². The number of nitrogens with one attached hydrogen (secondary N) is 1. The van der Waals surface area contributed by atoms with Crippen LogP contribution < -0.4 is 5.46 Å². The normalized spacial score (nSPS) is 20.6. The summed E-state index contributed by atoms with van der Waals surface area (Å²) in [6.07, 6.45) is 4.38. The van der Waals surface area contributed by atoms with Gasteiger partial charge in [0.1, 0.15) is 7.85 Å². The fourth-order valence-electron chi connectivity index (χ4n) is 2.43. The predicted molar refractivity (Wildman–Crippen MR) is 66.3 cm³/mol. The molecule has 2 nitrogen and oxygen atoms in total. The Morgan fingerprint density at radius 3 is 3.19 bits per heavy atom. The number of rotatable bonds is 2. The molecule has 80 valence electrons. The Morgan fingerprint density at radius 1 is 1.44 bits per heavy atom. The van der Waals surface area contributed by atoms with E-state index in [4.69, 9.17) is 12.6 Å². The third-order valence-corrected chi connectivity index (χ3v) is 3.32. The maximum Gasteiger partial charge on any atom is 0.113 e. The Morgan fingerprint density at radius 2 is 2.38 bits per heavy atom. The van der Waals surface area contributed by atoms with Crippen molar-refractivity contribution in [3.05, 3.63) is 30.0 Å². The molecule has 0 spiro atoms. The van der Waals surface area contributed by atoms with Gasteiger partial charge < -0.3 is 9.72 Å². The van der Waals surface area contributed by atoms with Crippen molar-refractivity contribution in [2.24, 2.45) is 5.92 Å². The number of H-pyrrole nitrogens is 1. The molecular weight excluding hydrogens is 197 g/mol. The summed E-state index contributed by atoms with van der Waals surface area (Å²) in [4.78, 5) is 3.28. The molecule has 2 radical (unpaired) electrons. The number of hydrogen-bond donors (Lipinski definition) is 1. The zero-order valence-corrected chi connectivity index (χ0v) is 9.20. The molecule has 1 N–H and O–H groups in total. The van der Waals surface area contributed by atoms with Crippen molar-refractivity contribution in [2.75, 3.05) is 13.2 Å². The van der Waals surface area contributed by atoms with E-state index >= 15 is 0 Å². The van der Waals surface area contributed by atoms with E-state index in [0.29, 0.717) is 5.92 Å². The van der Waals surface area contributed by atoms with Crippen molar-refractivity contribution < 1.29 is 4.74 Å². The fourth-order valence-corrected chi connectivity index (χ4v) is 2.43. The van der Waals surface area contributed by atoms with Gasteiger partial charge in [0.15, 0.2) is 0 Å². The van der Waals surface area contributed by atoms with E-state index in [9.17, 15) is 0 Å². The van der Waals surface area contributed by atoms with Crippen LogP contribution in [0.2, 0.25) is 0 Å². The molecule has 1 aromatic heterocycles. The maximum atomic E-state index is 5.76. The highest BCUT2D eigenvalue weighted by molar-refractivity contribution is 6.33. The predicted octanol–water partition coefficient (Wildman–Crippen LogP) is 1.54. The average Bonchev–Trinajstić information content (AvgIpc) is 2.89. The second-order valence-electron chi connectivity index (χ2n) is 4.55. The van der Waals surface area contributed by atoms with E-state index in [1.807, 2.05) is 12.1 Å². The molecule has 2 heterocycles. The van der Waals surface area contributed by atoms with Crippen molar-refractivity contribution >= 4 is 24.2 Å². The zero-order chi connectivity index (χ0) is 11.0. The quantitative estimate of drug-likeness (QED) is 0.749. The molecule has 0 bridgehead atoms. The van der Waals surface area contributed by atoms with E-state index < -0.39 is 0 Å². The van der Waals surface area contributed by atoms with Gasteiger partial charge in [0, 0.05) is 30.3 Å². The van der Waals surface area contributed by atoms with Crippen LogP contribution in [0.3, 0.4) is 0 Å². The highest BCUT2D eigenvalue weighted by atomic mass is 16.5. The minimum Gasteiger partial charge on any atom is -0.381 e. The summed E-state index contributed by atoms with van der Waals surface area (Å²) in [7, 11) is 5.76. The summed E-state index contributed by atoms with van der Waals surface area (Å²) in [5.41, 5.74) is 3.32. The molecule has 1 fully saturated rings. The average molecular weight is 211 g/mol. The SMILES string of the molecule is [B]c1ccc2c(CC3CCOC3)c[nH]c2c1. The Labute approximate surface area is 96.4 Å². The fraction of sp³-hybridized carbons (Fsp3) is 0.385. The highest BCUT2D eigenvalue weighted by Gasteiger charge is 2.17. The Hall–Kier alpha value is -1.22. The lowest BCUT2D eigenvalue weighted by atomic mass is 9.93. The van der Waals surface area contributed by atoms with Gasteiger partial charge in [-0.1, -0.05) is 17.6 Å². The lowest BCUT2D eigenvalue weighted by Gasteiger charge is -2.05. The number of aromatic amines is 1. The summed E-state index contributed by atoms with van der Waals surface area (Å²) in [6, 6.07) is 6.06. The lowest BCUT2D eigenvalue weighted by Crippen LogP contribution is -2.03. The van der Waals surface area contributed by atoms with E-state index in [0.717, 1.165) is 30.6 Å². The number of aromatic nitrogens is 1. The first-order chi connectivity index (χ1) is 7.83. The monoisotopic (exact) mass is 211 g/mol. The number of fused-ring (bicyclic) bond motifs is 1. The smallest absolute Gasteiger partial charge is 0.113 e. The second kappa shape index (κ2) is 3.98. The van der Waals surface area contributed by atoms with Gasteiger partial charge in [-0.15, -0.1) is 0 Å². The molecule has 1 aromatic carbocycles. The summed E-state index contributed by atoms with van der Waals surface area (Å²) >= 11 is 0. The third-order valence-electron chi connectivity index (χ3n) is 3.32. The molecule has 3 heteroatoms. The van der Waals surface area contributed by atoms with Gasteiger partial charge in [-0.25, -0.2) is 0 Å². The van der Waals surface area contributed by atoms with Gasteiger partial charge in [0.05, 0.1) is 0 Å². The molecular formula is C13H14BNO. The summed E-state index contributed by atoms with van der Waals surface area (Å²) in [5.74, 6) is 0.677. The topological polar surface area (TPSA) is 25.0 Å². The maximum absolute atomic E-state index is 5.76. The molecule has 1 aliphatic rings. The molecule has 0 amide bonds. The van der Waals surface area contributed by atoms with Crippen molar-refractivity contribution in [3.63, 3.8) is 0 Å². The molecule has 2 aromatic rings. The molecule has 0 aliphatic carbocycles. The number of ether oxygens (including phenoxy) is 1. The van der Waals surface area contributed by atoms with Gasteiger partial charge in [0.2, 0.25) is 0 Å². The Kier molecular flexibility index (Phi) is 2.48. The zero-order valence-electron chi connectivity index (χ0n) is 9.20. The number of benzene rings is 1. The van der Waals surface area contributed by atoms with Crippen LogP contribution >= 0.6 is 0 Å². The molecule has 1 unspecified atom stereocenters.